The Hall–Kier alpha value is 0.690. The van der Waals surface area contributed by atoms with E-state index in [1.165, 1.54) is 5.09 Å². The van der Waals surface area contributed by atoms with E-state index in [0.29, 0.717) is 0 Å². The Morgan fingerprint density at radius 2 is 2.43 bits per heavy atom. The molecule has 0 aromatic heterocycles. The molecule has 0 radical (unpaired) electrons. The fourth-order valence-electron chi connectivity index (χ4n) is 0.618. The van der Waals surface area contributed by atoms with E-state index in [4.69, 9.17) is 39.7 Å². The molecule has 1 fully saturated rings. The van der Waals surface area contributed by atoms with Crippen molar-refractivity contribution in [2.75, 3.05) is 37.8 Å². The first kappa shape index (κ1) is 3.86. The van der Waals surface area contributed by atoms with Crippen molar-refractivity contribution in [2.45, 2.75) is 6.37 Å². The van der Waals surface area contributed by atoms with Crippen LogP contribution in [0.3, 0.4) is 0 Å². The van der Waals surface area contributed by atoms with E-state index in [1.54, 1.807) is 0 Å². The summed E-state index contributed by atoms with van der Waals surface area (Å²) >= 11 is 10.7. The lowest BCUT2D eigenvalue weighted by atomic mass is 10.5. The lowest BCUT2D eigenvalue weighted by Crippen LogP contribution is -2.35. The maximum Gasteiger partial charge on any atom is 0.343 e. The molecule has 0 bridgehead atoms. The van der Waals surface area contributed by atoms with Crippen molar-refractivity contribution in [3.8, 4) is 0 Å². The Labute approximate surface area is 111 Å². The van der Waals surface area contributed by atoms with Gasteiger partial charge in [-0.3, -0.25) is 4.57 Å². The standard InChI is InChI=1S/C7H15Cl2N2O2P/c8-2-5-11(6-3-9)14(12)10-4-1-7-13-14/h1-7H2,(H,10,12)/i1D2,2D2,4D2,5D2,6D2,7D2. The van der Waals surface area contributed by atoms with Crippen molar-refractivity contribution in [1.82, 2.24) is 9.76 Å². The molecule has 0 aromatic carbocycles. The van der Waals surface area contributed by atoms with Crippen molar-refractivity contribution < 1.29 is 25.5 Å². The van der Waals surface area contributed by atoms with Crippen LogP contribution in [0.25, 0.3) is 0 Å². The minimum Gasteiger partial charge on any atom is -0.306 e. The van der Waals surface area contributed by atoms with Gasteiger partial charge in [-0.05, 0) is 6.37 Å². The monoisotopic (exact) mass is 272 g/mol. The van der Waals surface area contributed by atoms with E-state index in [9.17, 15) is 4.57 Å². The van der Waals surface area contributed by atoms with Gasteiger partial charge in [0.05, 0.1) is 9.30 Å². The molecule has 0 saturated carbocycles. The van der Waals surface area contributed by atoms with Crippen LogP contribution >= 0.6 is 30.9 Å². The van der Waals surface area contributed by atoms with Crippen LogP contribution in [0.1, 0.15) is 22.8 Å². The smallest absolute Gasteiger partial charge is 0.306 e. The van der Waals surface area contributed by atoms with Crippen LogP contribution in [0.4, 0.5) is 0 Å². The molecule has 4 nitrogen and oxygen atoms in total. The Bertz CT molecular complexity index is 587. The van der Waals surface area contributed by atoms with E-state index in [-0.39, 0.29) is 0 Å². The SMILES string of the molecule is [2H]C([2H])(CCl)N(C([2H])([2H])C([2H])([2H])Cl)P1(=O)NC([2H])([2H])C([2H])([2H])C([2H])([2H])O1. The third kappa shape index (κ3) is 3.37. The zero-order valence-corrected chi connectivity index (χ0v) is 9.08. The fraction of sp³-hybridized carbons (Fsp3) is 1.00. The minimum absolute atomic E-state index is 0.460. The molecule has 1 aliphatic heterocycles. The molecule has 1 rings (SSSR count). The average molecular weight is 273 g/mol. The zero-order valence-electron chi connectivity index (χ0n) is 18.7. The maximum atomic E-state index is 13.1. The summed E-state index contributed by atoms with van der Waals surface area (Å²) in [5, 5.41) is 1.45. The number of rotatable bonds is 5. The molecule has 0 aromatic rings. The summed E-state index contributed by atoms with van der Waals surface area (Å²) in [4.78, 5) is 0. The number of nitrogens with one attached hydrogen (secondary N) is 1. The van der Waals surface area contributed by atoms with E-state index in [2.05, 4.69) is 4.52 Å². The lowest BCUT2D eigenvalue weighted by Gasteiger charge is -2.33. The van der Waals surface area contributed by atoms with Gasteiger partial charge in [-0.15, -0.1) is 23.2 Å². The van der Waals surface area contributed by atoms with Crippen LogP contribution < -0.4 is 5.09 Å². The highest BCUT2D eigenvalue weighted by atomic mass is 35.5. The summed E-state index contributed by atoms with van der Waals surface area (Å²) in [6.07, 6.45) is -3.43. The van der Waals surface area contributed by atoms with Gasteiger partial charge in [-0.1, -0.05) is 0 Å². The van der Waals surface area contributed by atoms with Gasteiger partial charge in [0.15, 0.2) is 0 Å². The molecule has 1 aliphatic rings. The predicted octanol–water partition coefficient (Wildman–Crippen LogP) is 1.88. The molecule has 1 N–H and O–H groups in total. The van der Waals surface area contributed by atoms with Crippen LogP contribution in [0.2, 0.25) is 0 Å². The quantitative estimate of drug-likeness (QED) is 0.613. The maximum absolute atomic E-state index is 13.1. The van der Waals surface area contributed by atoms with Gasteiger partial charge in [-0.2, -0.15) is 0 Å². The van der Waals surface area contributed by atoms with E-state index in [0.717, 1.165) is 0 Å². The van der Waals surface area contributed by atoms with Crippen LogP contribution in [0.15, 0.2) is 0 Å². The van der Waals surface area contributed by atoms with Crippen LogP contribution in [0, 0.1) is 0 Å². The van der Waals surface area contributed by atoms with E-state index < -0.39 is 56.5 Å². The van der Waals surface area contributed by atoms with Gasteiger partial charge < -0.3 is 4.52 Å². The molecule has 0 spiro atoms. The normalized spacial score (nSPS) is 54.8. The molecule has 84 valence electrons. The highest BCUT2D eigenvalue weighted by molar-refractivity contribution is 7.54. The number of hydrogen-bond acceptors (Lipinski definition) is 2. The van der Waals surface area contributed by atoms with E-state index >= 15 is 0 Å². The number of nitrogens with zero attached hydrogens (tertiary/aromatic N) is 1. The average Bonchev–Trinajstić information content (AvgIpc) is 2.32. The van der Waals surface area contributed by atoms with Gasteiger partial charge >= 0.3 is 7.67 Å². The third-order valence-corrected chi connectivity index (χ3v) is 2.81. The Morgan fingerprint density at radius 1 is 1.64 bits per heavy atom. The van der Waals surface area contributed by atoms with Crippen molar-refractivity contribution in [3.63, 3.8) is 0 Å². The Balaban J connectivity index is 3.70. The van der Waals surface area contributed by atoms with E-state index in [1.807, 2.05) is 0 Å². The predicted molar refractivity (Wildman–Crippen MR) is 59.2 cm³/mol. The summed E-state index contributed by atoms with van der Waals surface area (Å²) in [5.74, 6) is -4.53. The van der Waals surface area contributed by atoms with Gasteiger partial charge in [0, 0.05) is 44.9 Å². The lowest BCUT2D eigenvalue weighted by molar-refractivity contribution is 0.233. The molecular formula is C7H15Cl2N2O2P. The molecule has 0 amide bonds. The zero-order chi connectivity index (χ0) is 21.2. The highest BCUT2D eigenvalue weighted by Gasteiger charge is 2.32. The number of hydrogen-bond donors (Lipinski definition) is 1. The molecule has 1 heterocycles. The summed E-state index contributed by atoms with van der Waals surface area (Å²) in [7, 11) is -5.47. The first-order valence-electron chi connectivity index (χ1n) is 9.25. The van der Waals surface area contributed by atoms with Crippen LogP contribution in [-0.4, -0.2) is 42.4 Å². The molecule has 0 aliphatic carbocycles. The molecule has 1 saturated heterocycles. The van der Waals surface area contributed by atoms with Crippen LogP contribution in [0.5, 0.6) is 0 Å². The highest BCUT2D eigenvalue weighted by Crippen LogP contribution is 2.47. The van der Waals surface area contributed by atoms with Gasteiger partial charge in [-0.25, -0.2) is 9.76 Å². The minimum atomic E-state index is -5.47. The Kier molecular flexibility index (Phi) is 1.74. The largest absolute Gasteiger partial charge is 0.343 e. The Morgan fingerprint density at radius 3 is 3.00 bits per heavy atom. The van der Waals surface area contributed by atoms with Crippen molar-refractivity contribution >= 4 is 30.9 Å². The molecule has 7 heteroatoms. The van der Waals surface area contributed by atoms with Gasteiger partial charge in [0.2, 0.25) is 0 Å². The second kappa shape index (κ2) is 6.31. The van der Waals surface area contributed by atoms with Gasteiger partial charge in [0.25, 0.3) is 0 Å². The van der Waals surface area contributed by atoms with Crippen molar-refractivity contribution in [2.24, 2.45) is 0 Å². The first-order valence-corrected chi connectivity index (χ1v) is 5.74. The summed E-state index contributed by atoms with van der Waals surface area (Å²) in [6, 6.07) is 0. The molecular weight excluding hydrogens is 246 g/mol. The second-order valence-electron chi connectivity index (χ2n) is 1.89. The summed E-state index contributed by atoms with van der Waals surface area (Å²) in [5.41, 5.74) is 0. The van der Waals surface area contributed by atoms with Gasteiger partial charge in [0.1, 0.15) is 0 Å². The fourth-order valence-corrected chi connectivity index (χ4v) is 2.00. The number of halogens is 2. The van der Waals surface area contributed by atoms with Crippen molar-refractivity contribution in [1.29, 1.82) is 0 Å². The summed E-state index contributed by atoms with van der Waals surface area (Å²) in [6.45, 7) is -13.9. The van der Waals surface area contributed by atoms with Crippen molar-refractivity contribution in [3.05, 3.63) is 0 Å². The topological polar surface area (TPSA) is 41.6 Å². The first-order chi connectivity index (χ1) is 11.1. The number of alkyl halides is 2. The molecule has 14 heavy (non-hydrogen) atoms. The van der Waals surface area contributed by atoms with Crippen LogP contribution in [-0.2, 0) is 9.09 Å². The molecule has 1 unspecified atom stereocenters. The molecule has 1 atom stereocenters. The third-order valence-electron chi connectivity index (χ3n) is 1.10. The summed E-state index contributed by atoms with van der Waals surface area (Å²) < 4.78 is 108. The second-order valence-corrected chi connectivity index (χ2v) is 4.19.